The molecular formula is C18H16BaN2O2. The van der Waals surface area contributed by atoms with Crippen LogP contribution in [0.15, 0.2) is 73.1 Å². The fraction of sp³-hybridized carbons (Fsp3) is 0. The first-order chi connectivity index (χ1) is 10.8. The van der Waals surface area contributed by atoms with Gasteiger partial charge in [-0.1, -0.05) is 36.4 Å². The Morgan fingerprint density at radius 3 is 1.35 bits per heavy atom. The molecule has 23 heavy (non-hydrogen) atoms. The summed E-state index contributed by atoms with van der Waals surface area (Å²) in [6, 6.07) is 18.3. The summed E-state index contributed by atoms with van der Waals surface area (Å²) in [5.41, 5.74) is 1.32. The average molecular weight is 430 g/mol. The molecule has 2 aromatic heterocycles. The van der Waals surface area contributed by atoms with Crippen molar-refractivity contribution in [3.63, 3.8) is 0 Å². The van der Waals surface area contributed by atoms with Gasteiger partial charge in [-0.15, -0.1) is 0 Å². The van der Waals surface area contributed by atoms with Crippen molar-refractivity contribution in [2.45, 2.75) is 0 Å². The summed E-state index contributed by atoms with van der Waals surface area (Å²) in [6.45, 7) is 0. The summed E-state index contributed by atoms with van der Waals surface area (Å²) in [5.74, 6) is 0.478. The van der Waals surface area contributed by atoms with Crippen molar-refractivity contribution < 1.29 is 10.2 Å². The van der Waals surface area contributed by atoms with E-state index in [4.69, 9.17) is 0 Å². The fourth-order valence-electron chi connectivity index (χ4n) is 2.18. The van der Waals surface area contributed by atoms with Crippen LogP contribution in [0, 0.1) is 0 Å². The van der Waals surface area contributed by atoms with Crippen LogP contribution >= 0.6 is 0 Å². The van der Waals surface area contributed by atoms with E-state index in [1.807, 2.05) is 36.4 Å². The van der Waals surface area contributed by atoms with E-state index < -0.39 is 0 Å². The molecule has 0 amide bonds. The monoisotopic (exact) mass is 430 g/mol. The minimum absolute atomic E-state index is 0. The molecule has 0 saturated carbocycles. The fourth-order valence-corrected chi connectivity index (χ4v) is 2.18. The number of hydrogen-bond acceptors (Lipinski definition) is 4. The second-order valence-electron chi connectivity index (χ2n) is 4.70. The van der Waals surface area contributed by atoms with Crippen LogP contribution in [0.2, 0.25) is 0 Å². The Labute approximate surface area is 173 Å². The van der Waals surface area contributed by atoms with Crippen molar-refractivity contribution in [2.75, 3.05) is 0 Å². The maximum absolute atomic E-state index is 9.31. The Balaban J connectivity index is 0.000000160. The third-order valence-corrected chi connectivity index (χ3v) is 3.22. The van der Waals surface area contributed by atoms with Crippen LogP contribution in [-0.2, 0) is 0 Å². The molecule has 4 nitrogen and oxygen atoms in total. The zero-order valence-electron chi connectivity index (χ0n) is 11.7. The van der Waals surface area contributed by atoms with Gasteiger partial charge in [0.25, 0.3) is 0 Å². The number of aromatic hydroxyl groups is 2. The summed E-state index contributed by atoms with van der Waals surface area (Å²) < 4.78 is 0. The second kappa shape index (κ2) is 8.33. The Bertz CT molecular complexity index is 841. The predicted molar refractivity (Wildman–Crippen MR) is 95.4 cm³/mol. The summed E-state index contributed by atoms with van der Waals surface area (Å²) in [4.78, 5) is 8.06. The van der Waals surface area contributed by atoms with Gasteiger partial charge in [0, 0.05) is 23.2 Å². The van der Waals surface area contributed by atoms with Gasteiger partial charge < -0.3 is 10.2 Å². The number of aromatic nitrogens is 2. The Morgan fingerprint density at radius 2 is 0.957 bits per heavy atom. The number of phenols is 2. The van der Waals surface area contributed by atoms with E-state index in [9.17, 15) is 10.2 Å². The van der Waals surface area contributed by atoms with Crippen molar-refractivity contribution in [3.8, 4) is 11.5 Å². The SMILES string of the molecule is Oc1cccc2cccnc12.Oc1cccc2cccnc12.[BaH2]. The van der Waals surface area contributed by atoms with E-state index in [0.717, 1.165) is 10.8 Å². The van der Waals surface area contributed by atoms with Gasteiger partial charge in [-0.25, -0.2) is 0 Å². The average Bonchev–Trinajstić information content (AvgIpc) is 2.57. The van der Waals surface area contributed by atoms with E-state index in [-0.39, 0.29) is 60.4 Å². The molecular weight excluding hydrogens is 414 g/mol. The number of para-hydroxylation sites is 2. The Morgan fingerprint density at radius 1 is 0.565 bits per heavy atom. The van der Waals surface area contributed by atoms with E-state index >= 15 is 0 Å². The predicted octanol–water partition coefficient (Wildman–Crippen LogP) is 2.96. The van der Waals surface area contributed by atoms with E-state index in [2.05, 4.69) is 9.97 Å². The second-order valence-corrected chi connectivity index (χ2v) is 4.70. The third-order valence-electron chi connectivity index (χ3n) is 3.22. The number of rotatable bonds is 0. The normalized spacial score (nSPS) is 9.74. The number of hydrogen-bond donors (Lipinski definition) is 2. The van der Waals surface area contributed by atoms with Crippen molar-refractivity contribution in [3.05, 3.63) is 73.1 Å². The van der Waals surface area contributed by atoms with Crippen LogP contribution in [0.3, 0.4) is 0 Å². The molecule has 2 heterocycles. The summed E-state index contributed by atoms with van der Waals surface area (Å²) >= 11 is 0. The van der Waals surface area contributed by atoms with E-state index in [1.165, 1.54) is 0 Å². The summed E-state index contributed by atoms with van der Waals surface area (Å²) in [6.07, 6.45) is 3.34. The number of nitrogens with zero attached hydrogens (tertiary/aromatic N) is 2. The molecule has 112 valence electrons. The molecule has 0 aliphatic rings. The molecule has 0 fully saturated rings. The van der Waals surface area contributed by atoms with Crippen LogP contribution in [0.4, 0.5) is 0 Å². The number of fused-ring (bicyclic) bond motifs is 2. The first-order valence-corrected chi connectivity index (χ1v) is 6.81. The maximum atomic E-state index is 9.31. The Kier molecular flexibility index (Phi) is 6.44. The van der Waals surface area contributed by atoms with Crippen molar-refractivity contribution >= 4 is 70.7 Å². The molecule has 2 N–H and O–H groups in total. The van der Waals surface area contributed by atoms with Gasteiger partial charge >= 0.3 is 48.9 Å². The molecule has 5 heteroatoms. The van der Waals surface area contributed by atoms with Crippen molar-refractivity contribution in [2.24, 2.45) is 0 Å². The van der Waals surface area contributed by atoms with Gasteiger partial charge in [0.1, 0.15) is 22.5 Å². The molecule has 0 spiro atoms. The van der Waals surface area contributed by atoms with Gasteiger partial charge in [-0.2, -0.15) is 0 Å². The number of pyridine rings is 2. The third kappa shape index (κ3) is 4.25. The minimum atomic E-state index is 0. The molecule has 2 aromatic carbocycles. The standard InChI is InChI=1S/2C9H7NO.Ba.2H/c2*11-8-5-1-3-7-4-2-6-10-9(7)8;;;/h2*1-6,11H;;;. The van der Waals surface area contributed by atoms with Gasteiger partial charge in [-0.05, 0) is 24.3 Å². The van der Waals surface area contributed by atoms with Gasteiger partial charge in [0.05, 0.1) is 0 Å². The van der Waals surface area contributed by atoms with Crippen LogP contribution < -0.4 is 0 Å². The Hall–Kier alpha value is -1.57. The zero-order chi connectivity index (χ0) is 15.4. The molecule has 0 aliphatic carbocycles. The van der Waals surface area contributed by atoms with Crippen LogP contribution in [-0.4, -0.2) is 69.1 Å². The summed E-state index contributed by atoms with van der Waals surface area (Å²) in [7, 11) is 0. The van der Waals surface area contributed by atoms with Gasteiger partial charge in [0.2, 0.25) is 0 Å². The zero-order valence-corrected chi connectivity index (χ0v) is 11.7. The molecule has 0 saturated heterocycles. The molecule has 0 atom stereocenters. The molecule has 0 aliphatic heterocycles. The van der Waals surface area contributed by atoms with Crippen LogP contribution in [0.5, 0.6) is 11.5 Å². The molecule has 0 radical (unpaired) electrons. The van der Waals surface area contributed by atoms with Crippen molar-refractivity contribution in [1.29, 1.82) is 0 Å². The van der Waals surface area contributed by atoms with Crippen molar-refractivity contribution in [1.82, 2.24) is 9.97 Å². The van der Waals surface area contributed by atoms with E-state index in [1.54, 1.807) is 36.7 Å². The molecule has 0 unspecified atom stereocenters. The first-order valence-electron chi connectivity index (χ1n) is 6.81. The van der Waals surface area contributed by atoms with E-state index in [0.29, 0.717) is 11.0 Å². The van der Waals surface area contributed by atoms with Crippen LogP contribution in [0.25, 0.3) is 21.8 Å². The quantitative estimate of drug-likeness (QED) is 0.422. The number of phenolic OH excluding ortho intramolecular Hbond substituents is 2. The number of benzene rings is 2. The molecule has 4 rings (SSSR count). The first kappa shape index (κ1) is 17.8. The van der Waals surface area contributed by atoms with Gasteiger partial charge in [0.15, 0.2) is 0 Å². The topological polar surface area (TPSA) is 66.2 Å². The summed E-state index contributed by atoms with van der Waals surface area (Å²) in [5, 5.41) is 20.5. The molecule has 0 bridgehead atoms. The van der Waals surface area contributed by atoms with Gasteiger partial charge in [-0.3, -0.25) is 9.97 Å². The van der Waals surface area contributed by atoms with Crippen LogP contribution in [0.1, 0.15) is 0 Å². The molecule has 4 aromatic rings.